The summed E-state index contributed by atoms with van der Waals surface area (Å²) in [6, 6.07) is 16.0. The Labute approximate surface area is 132 Å². The molecule has 1 amide bonds. The molecule has 0 spiro atoms. The van der Waals surface area contributed by atoms with Crippen LogP contribution >= 0.6 is 0 Å². The largest absolute Gasteiger partial charge is 0.494 e. The van der Waals surface area contributed by atoms with Crippen LogP contribution < -0.4 is 4.74 Å². The molecule has 0 radical (unpaired) electrons. The van der Waals surface area contributed by atoms with Gasteiger partial charge in [-0.2, -0.15) is 0 Å². The molecule has 0 aromatic heterocycles. The van der Waals surface area contributed by atoms with Gasteiger partial charge in [-0.15, -0.1) is 0 Å². The molecule has 0 aliphatic rings. The highest BCUT2D eigenvalue weighted by atomic mass is 16.5. The van der Waals surface area contributed by atoms with E-state index in [0.717, 1.165) is 16.9 Å². The summed E-state index contributed by atoms with van der Waals surface area (Å²) < 4.78 is 5.42. The van der Waals surface area contributed by atoms with Crippen LogP contribution in [0.25, 0.3) is 0 Å². The van der Waals surface area contributed by atoms with E-state index in [9.17, 15) is 4.79 Å². The fourth-order valence-corrected chi connectivity index (χ4v) is 2.24. The average Bonchev–Trinajstić information content (AvgIpc) is 2.51. The number of carbonyl (C=O) groups excluding carboxylic acids is 1. The fourth-order valence-electron chi connectivity index (χ4n) is 2.24. The molecule has 3 heteroatoms. The molecule has 0 bridgehead atoms. The van der Waals surface area contributed by atoms with Gasteiger partial charge in [0.25, 0.3) is 0 Å². The number of carbonyl (C=O) groups is 1. The molecule has 0 saturated carbocycles. The van der Waals surface area contributed by atoms with E-state index in [0.29, 0.717) is 19.6 Å². The molecular weight excluding hydrogens is 274 g/mol. The fraction of sp³-hybridized carbons (Fsp3) is 0.316. The molecule has 0 aliphatic carbocycles. The van der Waals surface area contributed by atoms with Gasteiger partial charge in [0.15, 0.2) is 0 Å². The van der Waals surface area contributed by atoms with Crippen molar-refractivity contribution in [1.82, 2.24) is 4.90 Å². The Hall–Kier alpha value is -2.29. The standard InChI is InChI=1S/C19H23NO2/c1-4-22-18-11-9-17(10-12-18)14-20(3)19(21)13-16-7-5-15(2)6-8-16/h5-12H,4,13-14H2,1-3H3. The third-order valence-corrected chi connectivity index (χ3v) is 3.56. The third kappa shape index (κ3) is 4.62. The van der Waals surface area contributed by atoms with Gasteiger partial charge in [-0.3, -0.25) is 4.79 Å². The van der Waals surface area contributed by atoms with Gasteiger partial charge in [0.1, 0.15) is 5.75 Å². The topological polar surface area (TPSA) is 29.5 Å². The first kappa shape index (κ1) is 16.1. The molecule has 2 aromatic rings. The van der Waals surface area contributed by atoms with Crippen LogP contribution in [-0.2, 0) is 17.8 Å². The Kier molecular flexibility index (Phi) is 5.59. The van der Waals surface area contributed by atoms with Crippen LogP contribution in [0.5, 0.6) is 5.75 Å². The number of benzene rings is 2. The molecule has 2 aromatic carbocycles. The lowest BCUT2D eigenvalue weighted by atomic mass is 10.1. The summed E-state index contributed by atoms with van der Waals surface area (Å²) in [5.74, 6) is 0.984. The highest BCUT2D eigenvalue weighted by molar-refractivity contribution is 5.78. The molecule has 2 rings (SSSR count). The second-order valence-electron chi connectivity index (χ2n) is 5.49. The highest BCUT2D eigenvalue weighted by Gasteiger charge is 2.10. The Balaban J connectivity index is 1.91. The summed E-state index contributed by atoms with van der Waals surface area (Å²) in [4.78, 5) is 14.0. The van der Waals surface area contributed by atoms with E-state index in [2.05, 4.69) is 0 Å². The van der Waals surface area contributed by atoms with Crippen LogP contribution in [0.4, 0.5) is 0 Å². The van der Waals surface area contributed by atoms with Crippen molar-refractivity contribution in [2.24, 2.45) is 0 Å². The van der Waals surface area contributed by atoms with Gasteiger partial charge >= 0.3 is 0 Å². The maximum absolute atomic E-state index is 12.3. The molecule has 0 aliphatic heterocycles. The van der Waals surface area contributed by atoms with E-state index < -0.39 is 0 Å². The van der Waals surface area contributed by atoms with Gasteiger partial charge in [-0.05, 0) is 37.1 Å². The number of nitrogens with zero attached hydrogens (tertiary/aromatic N) is 1. The van der Waals surface area contributed by atoms with Crippen molar-refractivity contribution in [3.05, 3.63) is 65.2 Å². The molecule has 0 saturated heterocycles. The maximum atomic E-state index is 12.3. The van der Waals surface area contributed by atoms with Gasteiger partial charge in [0.05, 0.1) is 13.0 Å². The van der Waals surface area contributed by atoms with E-state index in [-0.39, 0.29) is 5.91 Å². The lowest BCUT2D eigenvalue weighted by Gasteiger charge is -2.17. The Bertz CT molecular complexity index is 602. The first-order valence-electron chi connectivity index (χ1n) is 7.59. The van der Waals surface area contributed by atoms with Gasteiger partial charge in [0.2, 0.25) is 5.91 Å². The quantitative estimate of drug-likeness (QED) is 0.815. The first-order chi connectivity index (χ1) is 10.6. The van der Waals surface area contributed by atoms with E-state index in [1.54, 1.807) is 4.90 Å². The minimum atomic E-state index is 0.123. The first-order valence-corrected chi connectivity index (χ1v) is 7.59. The summed E-state index contributed by atoms with van der Waals surface area (Å²) in [5, 5.41) is 0. The second-order valence-corrected chi connectivity index (χ2v) is 5.49. The molecule has 22 heavy (non-hydrogen) atoms. The predicted octanol–water partition coefficient (Wildman–Crippen LogP) is 3.59. The number of aryl methyl sites for hydroxylation is 1. The lowest BCUT2D eigenvalue weighted by Crippen LogP contribution is -2.27. The number of ether oxygens (including phenoxy) is 1. The minimum absolute atomic E-state index is 0.123. The molecular formula is C19H23NO2. The van der Waals surface area contributed by atoms with Crippen LogP contribution in [0.2, 0.25) is 0 Å². The smallest absolute Gasteiger partial charge is 0.227 e. The molecule has 3 nitrogen and oxygen atoms in total. The molecule has 0 fully saturated rings. The van der Waals surface area contributed by atoms with Crippen LogP contribution in [0.1, 0.15) is 23.6 Å². The van der Waals surface area contributed by atoms with Gasteiger partial charge in [-0.25, -0.2) is 0 Å². The Morgan fingerprint density at radius 2 is 1.59 bits per heavy atom. The molecule has 0 unspecified atom stereocenters. The van der Waals surface area contributed by atoms with Crippen molar-refractivity contribution >= 4 is 5.91 Å². The van der Waals surface area contributed by atoms with Crippen molar-refractivity contribution in [2.45, 2.75) is 26.8 Å². The minimum Gasteiger partial charge on any atom is -0.494 e. The van der Waals surface area contributed by atoms with E-state index in [1.807, 2.05) is 69.4 Å². The van der Waals surface area contributed by atoms with Crippen molar-refractivity contribution in [2.75, 3.05) is 13.7 Å². The second kappa shape index (κ2) is 7.64. The van der Waals surface area contributed by atoms with Crippen molar-refractivity contribution in [3.63, 3.8) is 0 Å². The third-order valence-electron chi connectivity index (χ3n) is 3.56. The lowest BCUT2D eigenvalue weighted by molar-refractivity contribution is -0.129. The number of amides is 1. The molecule has 0 atom stereocenters. The summed E-state index contributed by atoms with van der Waals surface area (Å²) in [7, 11) is 1.84. The number of likely N-dealkylation sites (N-methyl/N-ethyl adjacent to an activating group) is 1. The van der Waals surface area contributed by atoms with E-state index in [4.69, 9.17) is 4.74 Å². The number of hydrogen-bond donors (Lipinski definition) is 0. The van der Waals surface area contributed by atoms with Crippen LogP contribution in [0.3, 0.4) is 0 Å². The van der Waals surface area contributed by atoms with E-state index in [1.165, 1.54) is 5.56 Å². The molecule has 116 valence electrons. The zero-order valence-corrected chi connectivity index (χ0v) is 13.5. The summed E-state index contributed by atoms with van der Waals surface area (Å²) in [5.41, 5.74) is 3.36. The monoisotopic (exact) mass is 297 g/mol. The summed E-state index contributed by atoms with van der Waals surface area (Å²) in [6.07, 6.45) is 0.438. The summed E-state index contributed by atoms with van der Waals surface area (Å²) >= 11 is 0. The van der Waals surface area contributed by atoms with Crippen molar-refractivity contribution in [1.29, 1.82) is 0 Å². The maximum Gasteiger partial charge on any atom is 0.227 e. The van der Waals surface area contributed by atoms with Gasteiger partial charge < -0.3 is 9.64 Å². The number of hydrogen-bond acceptors (Lipinski definition) is 2. The Morgan fingerprint density at radius 1 is 1.00 bits per heavy atom. The SMILES string of the molecule is CCOc1ccc(CN(C)C(=O)Cc2ccc(C)cc2)cc1. The average molecular weight is 297 g/mol. The molecule has 0 N–H and O–H groups in total. The van der Waals surface area contributed by atoms with Crippen LogP contribution in [-0.4, -0.2) is 24.5 Å². The van der Waals surface area contributed by atoms with Crippen molar-refractivity contribution in [3.8, 4) is 5.75 Å². The van der Waals surface area contributed by atoms with E-state index >= 15 is 0 Å². The zero-order valence-electron chi connectivity index (χ0n) is 13.5. The van der Waals surface area contributed by atoms with Crippen LogP contribution in [0, 0.1) is 6.92 Å². The zero-order chi connectivity index (χ0) is 15.9. The van der Waals surface area contributed by atoms with Crippen LogP contribution in [0.15, 0.2) is 48.5 Å². The van der Waals surface area contributed by atoms with Gasteiger partial charge in [-0.1, -0.05) is 42.0 Å². The van der Waals surface area contributed by atoms with Gasteiger partial charge in [0, 0.05) is 13.6 Å². The normalized spacial score (nSPS) is 10.3. The number of rotatable bonds is 6. The van der Waals surface area contributed by atoms with Crippen molar-refractivity contribution < 1.29 is 9.53 Å². The highest BCUT2D eigenvalue weighted by Crippen LogP contribution is 2.14. The predicted molar refractivity (Wildman–Crippen MR) is 89.0 cm³/mol. The summed E-state index contributed by atoms with van der Waals surface area (Å²) in [6.45, 7) is 5.28. The Morgan fingerprint density at radius 3 is 2.18 bits per heavy atom. The molecule has 0 heterocycles.